The summed E-state index contributed by atoms with van der Waals surface area (Å²) in [4.78, 5) is 40.7. The van der Waals surface area contributed by atoms with E-state index in [9.17, 15) is 14.4 Å². The van der Waals surface area contributed by atoms with Crippen LogP contribution < -0.4 is 4.90 Å². The normalized spacial score (nSPS) is 21.2. The number of amides is 2. The van der Waals surface area contributed by atoms with Gasteiger partial charge in [0.05, 0.1) is 24.3 Å². The van der Waals surface area contributed by atoms with Gasteiger partial charge in [0.15, 0.2) is 0 Å². The molecule has 0 bridgehead atoms. The van der Waals surface area contributed by atoms with Gasteiger partial charge in [-0.15, -0.1) is 0 Å². The topological polar surface area (TPSA) is 66.9 Å². The molecule has 1 aromatic rings. The molecular weight excluding hydrogens is 320 g/mol. The molecule has 134 valence electrons. The molecule has 0 aliphatic carbocycles. The maximum atomic E-state index is 12.8. The first kappa shape index (κ1) is 17.5. The Morgan fingerprint density at radius 2 is 1.76 bits per heavy atom. The average molecular weight is 344 g/mol. The van der Waals surface area contributed by atoms with Crippen molar-refractivity contribution in [3.05, 3.63) is 29.8 Å². The van der Waals surface area contributed by atoms with Gasteiger partial charge in [0.25, 0.3) is 0 Å². The predicted molar refractivity (Wildman–Crippen MR) is 93.3 cm³/mol. The van der Waals surface area contributed by atoms with Crippen LogP contribution in [-0.2, 0) is 14.3 Å². The minimum atomic E-state index is -0.481. The Balaban J connectivity index is 1.77. The third kappa shape index (κ3) is 3.67. The number of para-hydroxylation sites is 1. The third-order valence-electron chi connectivity index (χ3n) is 4.99. The highest BCUT2D eigenvalue weighted by molar-refractivity contribution is 6.05. The van der Waals surface area contributed by atoms with Crippen LogP contribution in [0.3, 0.4) is 0 Å². The van der Waals surface area contributed by atoms with Crippen LogP contribution in [0.5, 0.6) is 0 Å². The zero-order valence-corrected chi connectivity index (χ0v) is 14.6. The van der Waals surface area contributed by atoms with Crippen LogP contribution >= 0.6 is 0 Å². The number of anilines is 1. The highest BCUT2D eigenvalue weighted by Crippen LogP contribution is 2.30. The molecule has 2 aliphatic rings. The molecule has 0 spiro atoms. The summed E-state index contributed by atoms with van der Waals surface area (Å²) in [7, 11) is 1.32. The summed E-state index contributed by atoms with van der Waals surface area (Å²) in [5, 5.41) is 0. The molecule has 2 heterocycles. The van der Waals surface area contributed by atoms with Gasteiger partial charge in [-0.05, 0) is 25.0 Å². The van der Waals surface area contributed by atoms with Crippen molar-refractivity contribution in [2.75, 3.05) is 31.6 Å². The number of benzene rings is 1. The molecule has 1 aromatic carbocycles. The van der Waals surface area contributed by atoms with E-state index in [0.29, 0.717) is 17.8 Å². The molecule has 0 radical (unpaired) electrons. The van der Waals surface area contributed by atoms with Crippen molar-refractivity contribution in [1.29, 1.82) is 0 Å². The van der Waals surface area contributed by atoms with Crippen molar-refractivity contribution < 1.29 is 19.1 Å². The number of ether oxygens (including phenoxy) is 1. The summed E-state index contributed by atoms with van der Waals surface area (Å²) in [5.74, 6) is -0.875. The van der Waals surface area contributed by atoms with E-state index in [1.165, 1.54) is 7.11 Å². The lowest BCUT2D eigenvalue weighted by Crippen LogP contribution is -2.38. The Kier molecular flexibility index (Phi) is 5.36. The van der Waals surface area contributed by atoms with Crippen LogP contribution in [0, 0.1) is 5.92 Å². The summed E-state index contributed by atoms with van der Waals surface area (Å²) < 4.78 is 4.80. The van der Waals surface area contributed by atoms with E-state index >= 15 is 0 Å². The van der Waals surface area contributed by atoms with Gasteiger partial charge in [0, 0.05) is 26.1 Å². The lowest BCUT2D eigenvalue weighted by molar-refractivity contribution is -0.135. The zero-order valence-electron chi connectivity index (χ0n) is 14.6. The minimum Gasteiger partial charge on any atom is -0.465 e. The summed E-state index contributed by atoms with van der Waals surface area (Å²) in [5.41, 5.74) is 0.867. The molecule has 6 nitrogen and oxygen atoms in total. The number of carbonyl (C=O) groups excluding carboxylic acids is 3. The monoisotopic (exact) mass is 344 g/mol. The minimum absolute atomic E-state index is 0.0632. The first-order valence-corrected chi connectivity index (χ1v) is 8.88. The van der Waals surface area contributed by atoms with E-state index in [2.05, 4.69) is 0 Å². The fraction of sp³-hybridized carbons (Fsp3) is 0.526. The molecule has 0 N–H and O–H groups in total. The molecule has 2 fully saturated rings. The van der Waals surface area contributed by atoms with E-state index in [1.807, 2.05) is 4.90 Å². The molecule has 0 saturated carbocycles. The molecule has 2 saturated heterocycles. The molecule has 2 amide bonds. The van der Waals surface area contributed by atoms with E-state index in [0.717, 1.165) is 38.8 Å². The second-order valence-electron chi connectivity index (χ2n) is 6.65. The number of hydrogen-bond acceptors (Lipinski definition) is 4. The third-order valence-corrected chi connectivity index (χ3v) is 4.99. The number of rotatable bonds is 3. The number of methoxy groups -OCH3 is 1. The zero-order chi connectivity index (χ0) is 17.8. The first-order chi connectivity index (χ1) is 12.1. The van der Waals surface area contributed by atoms with Crippen LogP contribution in [0.1, 0.15) is 42.5 Å². The molecule has 25 heavy (non-hydrogen) atoms. The smallest absolute Gasteiger partial charge is 0.339 e. The van der Waals surface area contributed by atoms with Crippen molar-refractivity contribution >= 4 is 23.5 Å². The Labute approximate surface area is 147 Å². The largest absolute Gasteiger partial charge is 0.465 e. The van der Waals surface area contributed by atoms with Crippen molar-refractivity contribution in [2.45, 2.75) is 32.1 Å². The second-order valence-corrected chi connectivity index (χ2v) is 6.65. The van der Waals surface area contributed by atoms with Gasteiger partial charge < -0.3 is 14.5 Å². The molecule has 1 unspecified atom stereocenters. The summed E-state index contributed by atoms with van der Waals surface area (Å²) >= 11 is 0. The van der Waals surface area contributed by atoms with E-state index in [4.69, 9.17) is 4.74 Å². The van der Waals surface area contributed by atoms with Gasteiger partial charge in [-0.25, -0.2) is 4.79 Å². The summed E-state index contributed by atoms with van der Waals surface area (Å²) in [6.45, 7) is 1.88. The quantitative estimate of drug-likeness (QED) is 0.789. The molecule has 2 aliphatic heterocycles. The number of hydrogen-bond donors (Lipinski definition) is 0. The maximum absolute atomic E-state index is 12.8. The van der Waals surface area contributed by atoms with Gasteiger partial charge in [-0.3, -0.25) is 9.59 Å². The highest BCUT2D eigenvalue weighted by atomic mass is 16.5. The molecule has 1 atom stereocenters. The number of likely N-dealkylation sites (tertiary alicyclic amines) is 1. The fourth-order valence-electron chi connectivity index (χ4n) is 3.65. The molecule has 6 heteroatoms. The highest BCUT2D eigenvalue weighted by Gasteiger charge is 2.38. The molecule has 3 rings (SSSR count). The van der Waals surface area contributed by atoms with Crippen LogP contribution in [0.25, 0.3) is 0 Å². The van der Waals surface area contributed by atoms with Crippen LogP contribution in [0.4, 0.5) is 5.69 Å². The average Bonchev–Trinajstić information content (AvgIpc) is 2.85. The van der Waals surface area contributed by atoms with Crippen LogP contribution in [0.15, 0.2) is 24.3 Å². The molecular formula is C19H24N2O4. The second kappa shape index (κ2) is 7.68. The van der Waals surface area contributed by atoms with Crippen LogP contribution in [0.2, 0.25) is 0 Å². The summed E-state index contributed by atoms with van der Waals surface area (Å²) in [6.07, 6.45) is 4.57. The SMILES string of the molecule is COC(=O)c1ccccc1N1CC(C(=O)N2CCCCCC2)CC1=O. The Hall–Kier alpha value is -2.37. The predicted octanol–water partition coefficient (Wildman–Crippen LogP) is 2.23. The van der Waals surface area contributed by atoms with Crippen molar-refractivity contribution in [3.8, 4) is 0 Å². The van der Waals surface area contributed by atoms with Gasteiger partial charge in [0.2, 0.25) is 11.8 Å². The van der Waals surface area contributed by atoms with E-state index in [-0.39, 0.29) is 24.2 Å². The maximum Gasteiger partial charge on any atom is 0.339 e. The lowest BCUT2D eigenvalue weighted by Gasteiger charge is -2.24. The number of esters is 1. The fourth-order valence-corrected chi connectivity index (χ4v) is 3.65. The standard InChI is InChI=1S/C19H24N2O4/c1-25-19(24)15-8-4-5-9-16(15)21-13-14(12-17(21)22)18(23)20-10-6-2-3-7-11-20/h4-5,8-9,14H,2-3,6-7,10-13H2,1H3. The van der Waals surface area contributed by atoms with Crippen molar-refractivity contribution in [3.63, 3.8) is 0 Å². The van der Waals surface area contributed by atoms with Gasteiger partial charge >= 0.3 is 5.97 Å². The van der Waals surface area contributed by atoms with Gasteiger partial charge in [-0.2, -0.15) is 0 Å². The van der Waals surface area contributed by atoms with Gasteiger partial charge in [0.1, 0.15) is 0 Å². The number of nitrogens with zero attached hydrogens (tertiary/aromatic N) is 2. The van der Waals surface area contributed by atoms with Crippen molar-refractivity contribution in [2.24, 2.45) is 5.92 Å². The molecule has 0 aromatic heterocycles. The van der Waals surface area contributed by atoms with Crippen LogP contribution in [-0.4, -0.2) is 49.4 Å². The first-order valence-electron chi connectivity index (χ1n) is 8.88. The Morgan fingerprint density at radius 1 is 1.08 bits per heavy atom. The number of carbonyl (C=O) groups is 3. The Bertz CT molecular complexity index is 665. The Morgan fingerprint density at radius 3 is 2.44 bits per heavy atom. The van der Waals surface area contributed by atoms with Crippen molar-refractivity contribution in [1.82, 2.24) is 4.90 Å². The lowest BCUT2D eigenvalue weighted by atomic mass is 10.1. The van der Waals surface area contributed by atoms with E-state index in [1.54, 1.807) is 29.2 Å². The van der Waals surface area contributed by atoms with E-state index < -0.39 is 5.97 Å². The van der Waals surface area contributed by atoms with Gasteiger partial charge in [-0.1, -0.05) is 25.0 Å². The summed E-state index contributed by atoms with van der Waals surface area (Å²) in [6, 6.07) is 6.87.